The van der Waals surface area contributed by atoms with E-state index in [1.54, 1.807) is 11.3 Å². The molecule has 1 aromatic heterocycles. The number of nitriles is 1. The van der Waals surface area contributed by atoms with Crippen molar-refractivity contribution in [3.8, 4) is 5.40 Å². The predicted octanol–water partition coefficient (Wildman–Crippen LogP) is 1.59. The summed E-state index contributed by atoms with van der Waals surface area (Å²) in [6, 6.07) is 4.19. The first kappa shape index (κ1) is 7.58. The fraction of sp³-hybridized carbons (Fsp3) is 0. The first-order valence-corrected chi connectivity index (χ1v) is 13.8. The molecule has 0 aliphatic carbocycles. The number of thiocyanates is 1. The Bertz CT molecular complexity index is 201. The number of thiophene rings is 1. The third-order valence-electron chi connectivity index (χ3n) is 0.859. The molecule has 0 saturated heterocycles. The Morgan fingerprint density at radius 3 is 3.22 bits per heavy atom. The van der Waals surface area contributed by atoms with Gasteiger partial charge in [-0.05, 0) is 0 Å². The fourth-order valence-electron chi connectivity index (χ4n) is 0.498. The van der Waals surface area contributed by atoms with Crippen molar-refractivity contribution in [2.75, 3.05) is 0 Å². The van der Waals surface area contributed by atoms with Crippen molar-refractivity contribution in [1.29, 1.82) is 5.26 Å². The third kappa shape index (κ3) is 2.70. The van der Waals surface area contributed by atoms with E-state index in [0.29, 0.717) is 0 Å². The fourth-order valence-corrected chi connectivity index (χ4v) is 10.7. The first-order valence-electron chi connectivity index (χ1n) is 2.47. The molecule has 0 bridgehead atoms. The summed E-state index contributed by atoms with van der Waals surface area (Å²) in [5, 5.41) is 12.4. The SMILES string of the molecule is N#C[S][Hg][c]1cccs1. The van der Waals surface area contributed by atoms with Crippen molar-refractivity contribution in [2.24, 2.45) is 0 Å². The van der Waals surface area contributed by atoms with Crippen LogP contribution in [0.15, 0.2) is 17.5 Å². The van der Waals surface area contributed by atoms with Crippen molar-refractivity contribution >= 4 is 22.0 Å². The average molecular weight is 342 g/mol. The molecule has 4 heteroatoms. The molecule has 0 aliphatic rings. The summed E-state index contributed by atoms with van der Waals surface area (Å²) in [6.07, 6.45) is 0. The van der Waals surface area contributed by atoms with E-state index in [-0.39, 0.29) is 0 Å². The Morgan fingerprint density at radius 2 is 2.67 bits per heavy atom. The summed E-state index contributed by atoms with van der Waals surface area (Å²) in [5.41, 5.74) is 0. The number of hydrogen-bond donors (Lipinski definition) is 0. The number of hydrogen-bond acceptors (Lipinski definition) is 3. The zero-order chi connectivity index (χ0) is 6.53. The molecule has 0 spiro atoms. The van der Waals surface area contributed by atoms with Gasteiger partial charge >= 0.3 is 73.2 Å². The van der Waals surface area contributed by atoms with E-state index < -0.39 is 23.1 Å². The summed E-state index contributed by atoms with van der Waals surface area (Å²) in [4.78, 5) is 0. The van der Waals surface area contributed by atoms with E-state index >= 15 is 0 Å². The van der Waals surface area contributed by atoms with Gasteiger partial charge in [0.2, 0.25) is 0 Å². The molecule has 1 rings (SSSR count). The average Bonchev–Trinajstić information content (AvgIpc) is 2.34. The molecule has 1 heterocycles. The van der Waals surface area contributed by atoms with Crippen LogP contribution in [-0.4, -0.2) is 0 Å². The molecule has 0 atom stereocenters. The van der Waals surface area contributed by atoms with Crippen LogP contribution < -0.4 is 2.39 Å². The first-order chi connectivity index (χ1) is 4.43. The number of nitrogens with zero attached hydrogens (tertiary/aromatic N) is 1. The van der Waals surface area contributed by atoms with Crippen LogP contribution in [0, 0.1) is 10.7 Å². The molecule has 42 valence electrons. The van der Waals surface area contributed by atoms with Crippen LogP contribution >= 0.6 is 19.6 Å². The summed E-state index contributed by atoms with van der Waals surface area (Å²) >= 11 is 0.821. The molecule has 0 aliphatic heterocycles. The van der Waals surface area contributed by atoms with E-state index in [4.69, 9.17) is 5.26 Å². The Hall–Kier alpha value is 0.475. The molecule has 1 aromatic rings. The van der Waals surface area contributed by atoms with E-state index in [1.807, 2.05) is 0 Å². The van der Waals surface area contributed by atoms with Crippen LogP contribution in [0.2, 0.25) is 0 Å². The molecular weight excluding hydrogens is 339 g/mol. The quantitative estimate of drug-likeness (QED) is 0.602. The second-order valence-electron chi connectivity index (χ2n) is 1.46. The summed E-state index contributed by atoms with van der Waals surface area (Å²) in [6.45, 7) is 0. The van der Waals surface area contributed by atoms with Crippen molar-refractivity contribution in [1.82, 2.24) is 0 Å². The van der Waals surface area contributed by atoms with Crippen molar-refractivity contribution in [3.63, 3.8) is 0 Å². The molecule has 0 fully saturated rings. The van der Waals surface area contributed by atoms with E-state index in [1.165, 1.54) is 10.6 Å². The molecule has 0 unspecified atom stereocenters. The normalized spacial score (nSPS) is 7.89. The van der Waals surface area contributed by atoms with Gasteiger partial charge in [0.1, 0.15) is 0 Å². The molecule has 0 amide bonds. The Morgan fingerprint density at radius 1 is 1.78 bits per heavy atom. The zero-order valence-electron chi connectivity index (χ0n) is 4.70. The minimum atomic E-state index is -0.969. The van der Waals surface area contributed by atoms with Gasteiger partial charge in [0.15, 0.2) is 0 Å². The maximum absolute atomic E-state index is 8.24. The van der Waals surface area contributed by atoms with Crippen LogP contribution in [-0.2, 0) is 23.1 Å². The van der Waals surface area contributed by atoms with E-state index in [0.717, 1.165) is 0 Å². The van der Waals surface area contributed by atoms with Gasteiger partial charge in [0.05, 0.1) is 0 Å². The van der Waals surface area contributed by atoms with Crippen LogP contribution in [0.25, 0.3) is 0 Å². The van der Waals surface area contributed by atoms with Crippen molar-refractivity contribution < 1.29 is 23.1 Å². The van der Waals surface area contributed by atoms with Gasteiger partial charge in [-0.3, -0.25) is 0 Å². The third-order valence-corrected chi connectivity index (χ3v) is 14.6. The van der Waals surface area contributed by atoms with E-state index in [9.17, 15) is 0 Å². The van der Waals surface area contributed by atoms with E-state index in [2.05, 4.69) is 22.9 Å². The second-order valence-corrected chi connectivity index (χ2v) is 14.9. The Labute approximate surface area is 72.6 Å². The van der Waals surface area contributed by atoms with Gasteiger partial charge in [-0.15, -0.1) is 0 Å². The molecule has 0 aromatic carbocycles. The Balaban J connectivity index is 2.41. The van der Waals surface area contributed by atoms with Gasteiger partial charge in [-0.25, -0.2) is 0 Å². The minimum absolute atomic E-state index is 0.969. The van der Waals surface area contributed by atoms with Gasteiger partial charge in [-0.1, -0.05) is 0 Å². The van der Waals surface area contributed by atoms with Crippen LogP contribution in [0.4, 0.5) is 0 Å². The van der Waals surface area contributed by atoms with Crippen molar-refractivity contribution in [2.45, 2.75) is 0 Å². The topological polar surface area (TPSA) is 23.8 Å². The standard InChI is InChI=1S/C4H3S.CHNS.Hg/c1-2-4-5-3-1;2-1-3;/h1-3H;3H;/q;;+1/p-1. The van der Waals surface area contributed by atoms with Crippen molar-refractivity contribution in [3.05, 3.63) is 17.5 Å². The molecule has 1 nitrogen and oxygen atoms in total. The molecule has 9 heavy (non-hydrogen) atoms. The van der Waals surface area contributed by atoms with Gasteiger partial charge in [0, 0.05) is 0 Å². The van der Waals surface area contributed by atoms with Gasteiger partial charge < -0.3 is 0 Å². The van der Waals surface area contributed by atoms with Gasteiger partial charge in [0.25, 0.3) is 0 Å². The monoisotopic (exact) mass is 343 g/mol. The molecule has 0 saturated carbocycles. The predicted molar refractivity (Wildman–Crippen MR) is 37.2 cm³/mol. The number of rotatable bonds is 2. The molecule has 0 N–H and O–H groups in total. The summed E-state index contributed by atoms with van der Waals surface area (Å²) < 4.78 is 1.49. The molecule has 0 radical (unpaired) electrons. The van der Waals surface area contributed by atoms with Crippen LogP contribution in [0.5, 0.6) is 0 Å². The maximum atomic E-state index is 8.24. The summed E-state index contributed by atoms with van der Waals surface area (Å²) in [7, 11) is 1.50. The van der Waals surface area contributed by atoms with Crippen LogP contribution in [0.1, 0.15) is 0 Å². The Kier molecular flexibility index (Phi) is 3.64. The van der Waals surface area contributed by atoms with Crippen LogP contribution in [0.3, 0.4) is 0 Å². The summed E-state index contributed by atoms with van der Waals surface area (Å²) in [5.74, 6) is 0. The second kappa shape index (κ2) is 4.32. The molecular formula is C5H3HgNS2. The van der Waals surface area contributed by atoms with Gasteiger partial charge in [-0.2, -0.15) is 0 Å². The zero-order valence-corrected chi connectivity index (χ0v) is 11.8.